The first kappa shape index (κ1) is 24.4. The fraction of sp³-hybridized carbons (Fsp3) is 0.0455. The number of nitrogens with one attached hydrogen (secondary N) is 1. The largest absolute Gasteiger partial charge is 0.299 e. The third-order valence-corrected chi connectivity index (χ3v) is 8.03. The van der Waals surface area contributed by atoms with Gasteiger partial charge in [-0.05, 0) is 42.5 Å². The summed E-state index contributed by atoms with van der Waals surface area (Å²) in [6, 6.07) is 19.1. The first-order chi connectivity index (χ1) is 16.2. The Labute approximate surface area is 215 Å². The molecule has 174 valence electrons. The van der Waals surface area contributed by atoms with E-state index in [4.69, 9.17) is 34.8 Å². The van der Waals surface area contributed by atoms with Crippen molar-refractivity contribution in [2.75, 3.05) is 16.2 Å². The maximum absolute atomic E-state index is 13.4. The van der Waals surface area contributed by atoms with E-state index in [0.717, 1.165) is 21.2 Å². The lowest BCUT2D eigenvalue weighted by molar-refractivity contribution is -0.114. The Morgan fingerprint density at radius 3 is 2.29 bits per heavy atom. The predicted octanol–water partition coefficient (Wildman–Crippen LogP) is 6.00. The van der Waals surface area contributed by atoms with Crippen LogP contribution in [0.5, 0.6) is 0 Å². The summed E-state index contributed by atoms with van der Waals surface area (Å²) in [5, 5.41) is 12.4. The van der Waals surface area contributed by atoms with Crippen molar-refractivity contribution in [2.45, 2.75) is 4.90 Å². The predicted molar refractivity (Wildman–Crippen MR) is 136 cm³/mol. The zero-order chi connectivity index (χ0) is 24.3. The minimum Gasteiger partial charge on any atom is -0.299 e. The van der Waals surface area contributed by atoms with Crippen LogP contribution in [0.2, 0.25) is 15.1 Å². The summed E-state index contributed by atoms with van der Waals surface area (Å²) in [7, 11) is -4.14. The Balaban J connectivity index is 1.61. The average molecular weight is 554 g/mol. The molecule has 0 atom stereocenters. The first-order valence-electron chi connectivity index (χ1n) is 9.66. The molecule has 1 aromatic heterocycles. The van der Waals surface area contributed by atoms with Crippen LogP contribution < -0.4 is 9.62 Å². The van der Waals surface area contributed by atoms with Crippen molar-refractivity contribution in [3.05, 3.63) is 87.9 Å². The van der Waals surface area contributed by atoms with Crippen molar-refractivity contribution in [1.82, 2.24) is 10.2 Å². The van der Waals surface area contributed by atoms with Gasteiger partial charge in [-0.1, -0.05) is 76.5 Å². The van der Waals surface area contributed by atoms with Crippen LogP contribution in [0.15, 0.2) is 77.7 Å². The maximum atomic E-state index is 13.4. The molecule has 0 saturated heterocycles. The molecule has 34 heavy (non-hydrogen) atoms. The smallest absolute Gasteiger partial charge is 0.264 e. The van der Waals surface area contributed by atoms with Gasteiger partial charge < -0.3 is 0 Å². The van der Waals surface area contributed by atoms with E-state index in [-0.39, 0.29) is 25.8 Å². The summed E-state index contributed by atoms with van der Waals surface area (Å²) in [6.07, 6.45) is 0. The monoisotopic (exact) mass is 552 g/mol. The third kappa shape index (κ3) is 5.51. The Morgan fingerprint density at radius 2 is 1.59 bits per heavy atom. The molecule has 0 unspecified atom stereocenters. The molecular weight excluding hydrogens is 539 g/mol. The van der Waals surface area contributed by atoms with Crippen molar-refractivity contribution in [1.29, 1.82) is 0 Å². The fourth-order valence-electron chi connectivity index (χ4n) is 2.97. The number of amides is 1. The molecule has 3 aromatic carbocycles. The molecule has 7 nitrogen and oxygen atoms in total. The van der Waals surface area contributed by atoms with Gasteiger partial charge in [-0.3, -0.25) is 14.4 Å². The van der Waals surface area contributed by atoms with Gasteiger partial charge in [0.05, 0.1) is 15.6 Å². The van der Waals surface area contributed by atoms with E-state index in [1.54, 1.807) is 42.5 Å². The molecule has 0 aliphatic carbocycles. The standard InChI is InChI=1S/C22H15Cl3N4O3S2/c23-15-8-6-14(7-9-15)21-27-28-22(33-21)26-20(30)13-29(19-12-16(24)10-11-18(19)25)34(31,32)17-4-2-1-3-5-17/h1-12H,13H2,(H,26,28,30). The molecule has 0 bridgehead atoms. The van der Waals surface area contributed by atoms with Gasteiger partial charge in [0.15, 0.2) is 0 Å². The second-order valence-electron chi connectivity index (χ2n) is 6.89. The molecule has 4 aromatic rings. The van der Waals surface area contributed by atoms with E-state index >= 15 is 0 Å². The van der Waals surface area contributed by atoms with Crippen LogP contribution in [0, 0.1) is 0 Å². The third-order valence-electron chi connectivity index (χ3n) is 4.56. The second kappa shape index (κ2) is 10.3. The van der Waals surface area contributed by atoms with E-state index < -0.39 is 22.5 Å². The number of carbonyl (C=O) groups excluding carboxylic acids is 1. The summed E-state index contributed by atoms with van der Waals surface area (Å²) in [4.78, 5) is 12.9. The molecule has 0 radical (unpaired) electrons. The zero-order valence-electron chi connectivity index (χ0n) is 17.2. The molecule has 0 aliphatic rings. The van der Waals surface area contributed by atoms with Crippen molar-refractivity contribution in [3.63, 3.8) is 0 Å². The highest BCUT2D eigenvalue weighted by Gasteiger charge is 2.29. The zero-order valence-corrected chi connectivity index (χ0v) is 21.1. The quantitative estimate of drug-likeness (QED) is 0.303. The highest BCUT2D eigenvalue weighted by Crippen LogP contribution is 2.33. The van der Waals surface area contributed by atoms with Crippen LogP contribution in [0.1, 0.15) is 0 Å². The van der Waals surface area contributed by atoms with Crippen LogP contribution in [0.3, 0.4) is 0 Å². The summed E-state index contributed by atoms with van der Waals surface area (Å²) < 4.78 is 27.7. The molecule has 1 heterocycles. The van der Waals surface area contributed by atoms with Gasteiger partial charge in [0.2, 0.25) is 11.0 Å². The van der Waals surface area contributed by atoms with E-state index in [9.17, 15) is 13.2 Å². The van der Waals surface area contributed by atoms with Crippen LogP contribution >= 0.6 is 46.1 Å². The van der Waals surface area contributed by atoms with E-state index in [2.05, 4.69) is 15.5 Å². The number of nitrogens with zero attached hydrogens (tertiary/aromatic N) is 3. The lowest BCUT2D eigenvalue weighted by Crippen LogP contribution is -2.38. The maximum Gasteiger partial charge on any atom is 0.264 e. The number of halogens is 3. The Bertz CT molecular complexity index is 1430. The van der Waals surface area contributed by atoms with Gasteiger partial charge >= 0.3 is 0 Å². The van der Waals surface area contributed by atoms with Gasteiger partial charge in [0.25, 0.3) is 10.0 Å². The lowest BCUT2D eigenvalue weighted by atomic mass is 10.2. The fourth-order valence-corrected chi connectivity index (χ4v) is 5.75. The number of aromatic nitrogens is 2. The Kier molecular flexibility index (Phi) is 7.39. The number of hydrogen-bond acceptors (Lipinski definition) is 6. The highest BCUT2D eigenvalue weighted by molar-refractivity contribution is 7.92. The lowest BCUT2D eigenvalue weighted by Gasteiger charge is -2.25. The van der Waals surface area contributed by atoms with Gasteiger partial charge in [-0.25, -0.2) is 8.42 Å². The molecule has 1 N–H and O–H groups in total. The molecule has 0 aliphatic heterocycles. The van der Waals surface area contributed by atoms with Crippen molar-refractivity contribution >= 4 is 72.9 Å². The highest BCUT2D eigenvalue weighted by atomic mass is 35.5. The first-order valence-corrected chi connectivity index (χ1v) is 13.1. The molecule has 4 rings (SSSR count). The van der Waals surface area contributed by atoms with Gasteiger partial charge in [-0.2, -0.15) is 0 Å². The molecule has 12 heteroatoms. The normalized spacial score (nSPS) is 11.3. The summed E-state index contributed by atoms with van der Waals surface area (Å²) in [5.74, 6) is -0.630. The van der Waals surface area contributed by atoms with E-state index in [1.165, 1.54) is 30.3 Å². The second-order valence-corrected chi connectivity index (χ2v) is 11.0. The van der Waals surface area contributed by atoms with Crippen LogP contribution in [-0.2, 0) is 14.8 Å². The van der Waals surface area contributed by atoms with Crippen molar-refractivity contribution in [2.24, 2.45) is 0 Å². The average Bonchev–Trinajstić information content (AvgIpc) is 3.28. The topological polar surface area (TPSA) is 92.3 Å². The summed E-state index contributed by atoms with van der Waals surface area (Å²) in [5.41, 5.74) is 0.855. The number of benzene rings is 3. The summed E-state index contributed by atoms with van der Waals surface area (Å²) >= 11 is 19.4. The molecule has 0 fully saturated rings. The summed E-state index contributed by atoms with van der Waals surface area (Å²) in [6.45, 7) is -0.562. The number of rotatable bonds is 7. The Hall–Kier alpha value is -2.69. The minimum absolute atomic E-state index is 0.000202. The number of anilines is 2. The number of sulfonamides is 1. The van der Waals surface area contributed by atoms with E-state index in [0.29, 0.717) is 10.0 Å². The number of hydrogen-bond donors (Lipinski definition) is 1. The van der Waals surface area contributed by atoms with Gasteiger partial charge in [0, 0.05) is 15.6 Å². The van der Waals surface area contributed by atoms with E-state index in [1.807, 2.05) is 0 Å². The minimum atomic E-state index is -4.14. The molecule has 0 saturated carbocycles. The van der Waals surface area contributed by atoms with Gasteiger partial charge in [-0.15, -0.1) is 10.2 Å². The van der Waals surface area contributed by atoms with Gasteiger partial charge in [0.1, 0.15) is 11.6 Å². The van der Waals surface area contributed by atoms with Crippen molar-refractivity contribution in [3.8, 4) is 10.6 Å². The SMILES string of the molecule is O=C(CN(c1cc(Cl)ccc1Cl)S(=O)(=O)c1ccccc1)Nc1nnc(-c2ccc(Cl)cc2)s1. The van der Waals surface area contributed by atoms with Crippen LogP contribution in [0.4, 0.5) is 10.8 Å². The molecule has 1 amide bonds. The molecular formula is C22H15Cl3N4O3S2. The van der Waals surface area contributed by atoms with Crippen molar-refractivity contribution < 1.29 is 13.2 Å². The van der Waals surface area contributed by atoms with Crippen LogP contribution in [0.25, 0.3) is 10.6 Å². The Morgan fingerprint density at radius 1 is 0.912 bits per heavy atom. The molecule has 0 spiro atoms. The van der Waals surface area contributed by atoms with Crippen LogP contribution in [-0.4, -0.2) is 31.1 Å². The number of carbonyl (C=O) groups is 1.